The summed E-state index contributed by atoms with van der Waals surface area (Å²) in [6, 6.07) is 14.8. The average Bonchev–Trinajstić information content (AvgIpc) is 3.74. The number of benzene rings is 3. The zero-order chi connectivity index (χ0) is 32.8. The fourth-order valence-electron chi connectivity index (χ4n) is 6.60. The van der Waals surface area contributed by atoms with E-state index >= 15 is 0 Å². The van der Waals surface area contributed by atoms with Crippen LogP contribution in [0.4, 0.5) is 20.2 Å². The van der Waals surface area contributed by atoms with E-state index in [9.17, 15) is 18.4 Å². The van der Waals surface area contributed by atoms with Crippen LogP contribution in [0.5, 0.6) is 0 Å². The average molecular weight is 660 g/mol. The quantitative estimate of drug-likeness (QED) is 0.289. The van der Waals surface area contributed by atoms with E-state index in [1.54, 1.807) is 6.07 Å². The van der Waals surface area contributed by atoms with Crippen molar-refractivity contribution in [3.63, 3.8) is 0 Å². The molecule has 0 spiro atoms. The first-order valence-electron chi connectivity index (χ1n) is 15.5. The third kappa shape index (κ3) is 5.71. The van der Waals surface area contributed by atoms with Gasteiger partial charge in [0.1, 0.15) is 17.7 Å². The molecule has 0 saturated carbocycles. The van der Waals surface area contributed by atoms with Gasteiger partial charge in [-0.15, -0.1) is 10.2 Å². The molecule has 2 atom stereocenters. The summed E-state index contributed by atoms with van der Waals surface area (Å²) in [4.78, 5) is 37.4. The number of halogens is 3. The van der Waals surface area contributed by atoms with Gasteiger partial charge in [0, 0.05) is 48.9 Å². The standard InChI is InChI=1S/C34H32ClF2N7O3/c1-19(2)32-40-39-29-18-42(15-16-43(29)32)27-8-4-5-23-22(27)13-14-44(31(23)33(45)38-21-11-9-20(36)10-12-21)34(46)28-17-26(41-47-28)24-6-3-7-25(35)30(24)37/h3-12,19,28,31H,13-18H2,1-2H3,(H,38,45)/t28?,31-/m1/s1. The lowest BCUT2D eigenvalue weighted by molar-refractivity contribution is -0.148. The van der Waals surface area contributed by atoms with Crippen molar-refractivity contribution in [2.24, 2.45) is 5.16 Å². The van der Waals surface area contributed by atoms with Gasteiger partial charge in [-0.25, -0.2) is 8.78 Å². The number of nitrogens with one attached hydrogen (secondary N) is 1. The molecule has 0 aliphatic carbocycles. The van der Waals surface area contributed by atoms with Crippen LogP contribution in [0.15, 0.2) is 65.8 Å². The molecule has 0 bridgehead atoms. The molecule has 7 rings (SSSR count). The third-order valence-corrected chi connectivity index (χ3v) is 9.18. The van der Waals surface area contributed by atoms with Crippen molar-refractivity contribution in [3.8, 4) is 0 Å². The Balaban J connectivity index is 1.19. The number of anilines is 2. The number of aromatic nitrogens is 3. The molecule has 4 heterocycles. The smallest absolute Gasteiger partial charge is 0.267 e. The van der Waals surface area contributed by atoms with E-state index in [0.717, 1.165) is 36.0 Å². The maximum Gasteiger partial charge on any atom is 0.267 e. The van der Waals surface area contributed by atoms with Gasteiger partial charge >= 0.3 is 0 Å². The van der Waals surface area contributed by atoms with E-state index in [4.69, 9.17) is 16.4 Å². The highest BCUT2D eigenvalue weighted by Gasteiger charge is 2.42. The summed E-state index contributed by atoms with van der Waals surface area (Å²) >= 11 is 5.97. The van der Waals surface area contributed by atoms with Gasteiger partial charge in [0.15, 0.2) is 11.6 Å². The van der Waals surface area contributed by atoms with Gasteiger partial charge in [0.2, 0.25) is 6.10 Å². The van der Waals surface area contributed by atoms with Crippen molar-refractivity contribution in [3.05, 3.63) is 106 Å². The number of carbonyl (C=O) groups is 2. The van der Waals surface area contributed by atoms with Crippen LogP contribution in [0.3, 0.4) is 0 Å². The van der Waals surface area contributed by atoms with Crippen LogP contribution in [0, 0.1) is 11.6 Å². The van der Waals surface area contributed by atoms with Gasteiger partial charge in [-0.3, -0.25) is 9.59 Å². The lowest BCUT2D eigenvalue weighted by Gasteiger charge is -2.40. The summed E-state index contributed by atoms with van der Waals surface area (Å²) in [5, 5.41) is 15.7. The van der Waals surface area contributed by atoms with E-state index in [0.29, 0.717) is 24.2 Å². The topological polar surface area (TPSA) is 105 Å². The largest absolute Gasteiger partial charge is 0.382 e. The fourth-order valence-corrected chi connectivity index (χ4v) is 6.78. The van der Waals surface area contributed by atoms with Crippen molar-refractivity contribution in [2.45, 2.75) is 57.8 Å². The minimum absolute atomic E-state index is 0.0125. The Hall–Kier alpha value is -4.84. The summed E-state index contributed by atoms with van der Waals surface area (Å²) < 4.78 is 30.6. The van der Waals surface area contributed by atoms with Crippen LogP contribution >= 0.6 is 11.6 Å². The number of fused-ring (bicyclic) bond motifs is 2. The van der Waals surface area contributed by atoms with E-state index in [-0.39, 0.29) is 35.2 Å². The summed E-state index contributed by atoms with van der Waals surface area (Å²) in [6.07, 6.45) is -0.558. The van der Waals surface area contributed by atoms with Crippen molar-refractivity contribution < 1.29 is 23.2 Å². The molecule has 1 aromatic heterocycles. The van der Waals surface area contributed by atoms with Crippen LogP contribution in [0.2, 0.25) is 5.02 Å². The van der Waals surface area contributed by atoms with Gasteiger partial charge in [-0.05, 0) is 60.0 Å². The van der Waals surface area contributed by atoms with E-state index in [1.165, 1.54) is 41.3 Å². The molecule has 47 heavy (non-hydrogen) atoms. The van der Waals surface area contributed by atoms with Crippen molar-refractivity contribution in [2.75, 3.05) is 23.3 Å². The third-order valence-electron chi connectivity index (χ3n) is 8.89. The Morgan fingerprint density at radius 3 is 2.57 bits per heavy atom. The highest BCUT2D eigenvalue weighted by Crippen LogP contribution is 2.39. The molecule has 3 aliphatic heterocycles. The Bertz CT molecular complexity index is 1890. The van der Waals surface area contributed by atoms with Crippen molar-refractivity contribution in [1.82, 2.24) is 19.7 Å². The molecule has 242 valence electrons. The van der Waals surface area contributed by atoms with Gasteiger partial charge in [-0.1, -0.05) is 48.8 Å². The molecular weight excluding hydrogens is 628 g/mol. The number of nitrogens with zero attached hydrogens (tertiary/aromatic N) is 6. The molecule has 1 unspecified atom stereocenters. The highest BCUT2D eigenvalue weighted by atomic mass is 35.5. The van der Waals surface area contributed by atoms with Crippen LogP contribution in [-0.4, -0.2) is 56.4 Å². The normalized spacial score (nSPS) is 18.8. The zero-order valence-electron chi connectivity index (χ0n) is 25.8. The zero-order valence-corrected chi connectivity index (χ0v) is 26.5. The molecule has 0 radical (unpaired) electrons. The predicted molar refractivity (Wildman–Crippen MR) is 172 cm³/mol. The van der Waals surface area contributed by atoms with E-state index in [2.05, 4.69) is 44.0 Å². The Kier molecular flexibility index (Phi) is 8.13. The van der Waals surface area contributed by atoms with Crippen molar-refractivity contribution >= 4 is 40.5 Å². The first kappa shape index (κ1) is 30.8. The Morgan fingerprint density at radius 2 is 1.79 bits per heavy atom. The number of oxime groups is 1. The second-order valence-corrected chi connectivity index (χ2v) is 12.6. The molecule has 0 saturated heterocycles. The number of hydrogen-bond acceptors (Lipinski definition) is 7. The number of carbonyl (C=O) groups excluding carboxylic acids is 2. The Labute approximate surface area is 275 Å². The molecule has 2 amide bonds. The first-order valence-corrected chi connectivity index (χ1v) is 15.9. The van der Waals surface area contributed by atoms with Gasteiger partial charge < -0.3 is 24.5 Å². The molecule has 3 aliphatic rings. The second kappa shape index (κ2) is 12.4. The van der Waals surface area contributed by atoms with Crippen LogP contribution in [-0.2, 0) is 33.9 Å². The van der Waals surface area contributed by atoms with Gasteiger partial charge in [0.25, 0.3) is 11.8 Å². The minimum atomic E-state index is -1.06. The second-order valence-electron chi connectivity index (χ2n) is 12.2. The monoisotopic (exact) mass is 659 g/mol. The molecular formula is C34H32ClF2N7O3. The molecule has 13 heteroatoms. The SMILES string of the molecule is CC(C)c1nnc2n1CCN(c1cccc3c1CCN(C(=O)C1CC(c4cccc(Cl)c4F)=NO1)[C@H]3C(=O)Nc1ccc(F)cc1)C2. The number of rotatable bonds is 6. The van der Waals surface area contributed by atoms with Crippen LogP contribution < -0.4 is 10.2 Å². The van der Waals surface area contributed by atoms with E-state index in [1.807, 2.05) is 18.2 Å². The Morgan fingerprint density at radius 1 is 1.00 bits per heavy atom. The maximum atomic E-state index is 14.8. The number of amides is 2. The molecule has 4 aromatic rings. The van der Waals surface area contributed by atoms with Gasteiger partial charge in [-0.2, -0.15) is 0 Å². The lowest BCUT2D eigenvalue weighted by atomic mass is 9.89. The maximum absolute atomic E-state index is 14.8. The summed E-state index contributed by atoms with van der Waals surface area (Å²) in [5.74, 6) is 0.109. The van der Waals surface area contributed by atoms with E-state index < -0.39 is 35.6 Å². The van der Waals surface area contributed by atoms with Crippen molar-refractivity contribution in [1.29, 1.82) is 0 Å². The summed E-state index contributed by atoms with van der Waals surface area (Å²) in [6.45, 7) is 6.44. The molecule has 3 aromatic carbocycles. The fraction of sp³-hybridized carbons (Fsp3) is 0.324. The summed E-state index contributed by atoms with van der Waals surface area (Å²) in [7, 11) is 0. The molecule has 10 nitrogen and oxygen atoms in total. The predicted octanol–water partition coefficient (Wildman–Crippen LogP) is 5.61. The summed E-state index contributed by atoms with van der Waals surface area (Å²) in [5.41, 5.74) is 3.41. The first-order chi connectivity index (χ1) is 22.7. The van der Waals surface area contributed by atoms with Crippen LogP contribution in [0.25, 0.3) is 0 Å². The molecule has 1 N–H and O–H groups in total. The lowest BCUT2D eigenvalue weighted by Crippen LogP contribution is -2.49. The number of hydrogen-bond donors (Lipinski definition) is 1. The highest BCUT2D eigenvalue weighted by molar-refractivity contribution is 6.31. The molecule has 0 fully saturated rings. The van der Waals surface area contributed by atoms with Gasteiger partial charge in [0.05, 0.1) is 17.3 Å². The van der Waals surface area contributed by atoms with Crippen LogP contribution in [0.1, 0.15) is 60.6 Å². The minimum Gasteiger partial charge on any atom is -0.382 e.